The predicted octanol–water partition coefficient (Wildman–Crippen LogP) is 5.54. The number of aromatic amines is 1. The highest BCUT2D eigenvalue weighted by molar-refractivity contribution is 5.84. The number of benzene rings is 1. The molecule has 142 valence electrons. The topological polar surface area (TPSA) is 58.6 Å². The first-order valence-corrected chi connectivity index (χ1v) is 9.70. The molecule has 0 fully saturated rings. The standard InChI is InChI=1S/C22H26FN3O/c1-3-17(27)8-6-4-5-7-9-20-24-14-19(26-20)18-13-12-16-11-10-15(2)25-22(16)21(18)23/h10-14H,3-9H2,1-2H3,(H,24,26). The molecule has 0 aliphatic carbocycles. The van der Waals surface area contributed by atoms with Crippen molar-refractivity contribution in [1.29, 1.82) is 0 Å². The summed E-state index contributed by atoms with van der Waals surface area (Å²) in [5.74, 6) is 0.895. The number of Topliss-reactive ketones (excluding diaryl/α,β-unsaturated/α-hetero) is 1. The van der Waals surface area contributed by atoms with Crippen LogP contribution in [0.3, 0.4) is 0 Å². The Balaban J connectivity index is 1.60. The number of fused-ring (bicyclic) bond motifs is 1. The number of unbranched alkanes of at least 4 members (excludes halogenated alkanes) is 3. The molecule has 0 aliphatic heterocycles. The van der Waals surface area contributed by atoms with Crippen LogP contribution in [0.1, 0.15) is 57.0 Å². The second kappa shape index (κ2) is 8.89. The third kappa shape index (κ3) is 4.79. The summed E-state index contributed by atoms with van der Waals surface area (Å²) in [7, 11) is 0. The van der Waals surface area contributed by atoms with Gasteiger partial charge in [0.05, 0.1) is 11.9 Å². The summed E-state index contributed by atoms with van der Waals surface area (Å²) < 4.78 is 14.9. The van der Waals surface area contributed by atoms with Gasteiger partial charge in [0.2, 0.25) is 0 Å². The van der Waals surface area contributed by atoms with Gasteiger partial charge in [-0.2, -0.15) is 0 Å². The molecule has 0 aliphatic rings. The van der Waals surface area contributed by atoms with Crippen molar-refractivity contribution in [2.75, 3.05) is 0 Å². The van der Waals surface area contributed by atoms with Gasteiger partial charge in [-0.3, -0.25) is 9.78 Å². The molecule has 0 saturated heterocycles. The number of pyridine rings is 1. The van der Waals surface area contributed by atoms with Crippen LogP contribution in [0.15, 0.2) is 30.5 Å². The number of nitrogens with one attached hydrogen (secondary N) is 1. The Hall–Kier alpha value is -2.56. The van der Waals surface area contributed by atoms with Gasteiger partial charge in [0, 0.05) is 35.9 Å². The Bertz CT molecular complexity index is 932. The lowest BCUT2D eigenvalue weighted by Crippen LogP contribution is -1.95. The van der Waals surface area contributed by atoms with E-state index < -0.39 is 0 Å². The monoisotopic (exact) mass is 367 g/mol. The summed E-state index contributed by atoms with van der Waals surface area (Å²) in [5, 5.41) is 0.795. The summed E-state index contributed by atoms with van der Waals surface area (Å²) in [4.78, 5) is 23.2. The van der Waals surface area contributed by atoms with Crippen LogP contribution in [-0.4, -0.2) is 20.7 Å². The van der Waals surface area contributed by atoms with Gasteiger partial charge in [-0.25, -0.2) is 9.37 Å². The minimum Gasteiger partial charge on any atom is -0.342 e. The SMILES string of the molecule is CCC(=O)CCCCCCc1ncc(-c2ccc3ccc(C)nc3c2F)[nH]1. The number of carbonyl (C=O) groups is 1. The zero-order chi connectivity index (χ0) is 19.2. The van der Waals surface area contributed by atoms with Crippen molar-refractivity contribution in [3.05, 3.63) is 47.8 Å². The van der Waals surface area contributed by atoms with Gasteiger partial charge < -0.3 is 4.98 Å². The minimum absolute atomic E-state index is 0.313. The summed E-state index contributed by atoms with van der Waals surface area (Å²) in [6, 6.07) is 7.43. The molecule has 2 heterocycles. The Morgan fingerprint density at radius 3 is 2.70 bits per heavy atom. The van der Waals surface area contributed by atoms with Crippen LogP contribution in [0.2, 0.25) is 0 Å². The molecule has 0 unspecified atom stereocenters. The first-order valence-electron chi connectivity index (χ1n) is 9.70. The van der Waals surface area contributed by atoms with E-state index in [2.05, 4.69) is 15.0 Å². The molecule has 0 amide bonds. The molecular weight excluding hydrogens is 341 g/mol. The number of halogens is 1. The molecular formula is C22H26FN3O. The molecule has 1 aromatic carbocycles. The van der Waals surface area contributed by atoms with Crippen LogP contribution >= 0.6 is 0 Å². The van der Waals surface area contributed by atoms with E-state index in [1.165, 1.54) is 0 Å². The number of hydrogen-bond acceptors (Lipinski definition) is 3. The number of imidazole rings is 1. The van der Waals surface area contributed by atoms with Gasteiger partial charge in [-0.15, -0.1) is 0 Å². The van der Waals surface area contributed by atoms with Gasteiger partial charge in [0.25, 0.3) is 0 Å². The van der Waals surface area contributed by atoms with E-state index in [4.69, 9.17) is 0 Å². The van der Waals surface area contributed by atoms with Crippen molar-refractivity contribution >= 4 is 16.7 Å². The second-order valence-corrected chi connectivity index (χ2v) is 7.00. The molecule has 27 heavy (non-hydrogen) atoms. The van der Waals surface area contributed by atoms with Crippen molar-refractivity contribution < 1.29 is 9.18 Å². The lowest BCUT2D eigenvalue weighted by molar-refractivity contribution is -0.118. The Morgan fingerprint density at radius 1 is 1.11 bits per heavy atom. The maximum atomic E-state index is 14.9. The quantitative estimate of drug-likeness (QED) is 0.505. The number of H-pyrrole nitrogens is 1. The van der Waals surface area contributed by atoms with E-state index in [1.54, 1.807) is 12.3 Å². The maximum Gasteiger partial charge on any atom is 0.158 e. The zero-order valence-electron chi connectivity index (χ0n) is 16.0. The van der Waals surface area contributed by atoms with Gasteiger partial charge in [-0.05, 0) is 31.9 Å². The van der Waals surface area contributed by atoms with Gasteiger partial charge in [0.15, 0.2) is 5.82 Å². The lowest BCUT2D eigenvalue weighted by Gasteiger charge is -2.05. The van der Waals surface area contributed by atoms with E-state index in [0.29, 0.717) is 35.4 Å². The molecule has 3 rings (SSSR count). The first kappa shape index (κ1) is 19.2. The average molecular weight is 367 g/mol. The van der Waals surface area contributed by atoms with Gasteiger partial charge >= 0.3 is 0 Å². The number of ketones is 1. The van der Waals surface area contributed by atoms with Crippen molar-refractivity contribution in [1.82, 2.24) is 15.0 Å². The van der Waals surface area contributed by atoms with Crippen molar-refractivity contribution in [2.45, 2.75) is 58.8 Å². The molecule has 3 aromatic rings. The van der Waals surface area contributed by atoms with Crippen LogP contribution in [0, 0.1) is 12.7 Å². The first-order chi connectivity index (χ1) is 13.1. The second-order valence-electron chi connectivity index (χ2n) is 7.00. The van der Waals surface area contributed by atoms with Gasteiger partial charge in [-0.1, -0.05) is 31.9 Å². The predicted molar refractivity (Wildman–Crippen MR) is 106 cm³/mol. The molecule has 5 heteroatoms. The Labute approximate surface area is 159 Å². The van der Waals surface area contributed by atoms with E-state index in [9.17, 15) is 9.18 Å². The largest absolute Gasteiger partial charge is 0.342 e. The Kier molecular flexibility index (Phi) is 6.32. The van der Waals surface area contributed by atoms with E-state index >= 15 is 0 Å². The summed E-state index contributed by atoms with van der Waals surface area (Å²) >= 11 is 0. The van der Waals surface area contributed by atoms with Crippen LogP contribution in [-0.2, 0) is 11.2 Å². The van der Waals surface area contributed by atoms with Crippen LogP contribution in [0.25, 0.3) is 22.2 Å². The smallest absolute Gasteiger partial charge is 0.158 e. The summed E-state index contributed by atoms with van der Waals surface area (Å²) in [5.41, 5.74) is 2.37. The zero-order valence-corrected chi connectivity index (χ0v) is 16.0. The highest BCUT2D eigenvalue weighted by atomic mass is 19.1. The fourth-order valence-electron chi connectivity index (χ4n) is 3.23. The van der Waals surface area contributed by atoms with Crippen LogP contribution < -0.4 is 0 Å². The molecule has 0 radical (unpaired) electrons. The molecule has 0 bridgehead atoms. The number of nitrogens with zero attached hydrogens (tertiary/aromatic N) is 2. The number of aryl methyl sites for hydroxylation is 2. The van der Waals surface area contributed by atoms with Crippen molar-refractivity contribution in [3.8, 4) is 11.3 Å². The molecule has 1 N–H and O–H groups in total. The number of hydrogen-bond donors (Lipinski definition) is 1. The average Bonchev–Trinajstić information content (AvgIpc) is 3.13. The molecule has 2 aromatic heterocycles. The fourth-order valence-corrected chi connectivity index (χ4v) is 3.23. The van der Waals surface area contributed by atoms with Gasteiger partial charge in [0.1, 0.15) is 17.1 Å². The third-order valence-corrected chi connectivity index (χ3v) is 4.87. The third-order valence-electron chi connectivity index (χ3n) is 4.87. The normalized spacial score (nSPS) is 11.2. The fraction of sp³-hybridized carbons (Fsp3) is 0.409. The summed E-state index contributed by atoms with van der Waals surface area (Å²) in [6.45, 7) is 3.77. The highest BCUT2D eigenvalue weighted by Gasteiger charge is 2.13. The van der Waals surface area contributed by atoms with Crippen molar-refractivity contribution in [3.63, 3.8) is 0 Å². The number of carbonyl (C=O) groups excluding carboxylic acids is 1. The minimum atomic E-state index is -0.313. The Morgan fingerprint density at radius 2 is 1.89 bits per heavy atom. The molecule has 4 nitrogen and oxygen atoms in total. The molecule has 0 spiro atoms. The highest BCUT2D eigenvalue weighted by Crippen LogP contribution is 2.27. The maximum absolute atomic E-state index is 14.9. The lowest BCUT2D eigenvalue weighted by atomic mass is 10.1. The van der Waals surface area contributed by atoms with Crippen LogP contribution in [0.5, 0.6) is 0 Å². The molecule has 0 saturated carbocycles. The van der Waals surface area contributed by atoms with E-state index in [0.717, 1.165) is 49.0 Å². The molecule has 0 atom stereocenters. The van der Waals surface area contributed by atoms with E-state index in [-0.39, 0.29) is 5.82 Å². The van der Waals surface area contributed by atoms with E-state index in [1.807, 2.05) is 32.0 Å². The summed E-state index contributed by atoms with van der Waals surface area (Å²) in [6.07, 6.45) is 7.94. The number of rotatable bonds is 9. The number of aromatic nitrogens is 3. The van der Waals surface area contributed by atoms with Crippen molar-refractivity contribution in [2.24, 2.45) is 0 Å². The van der Waals surface area contributed by atoms with Crippen LogP contribution in [0.4, 0.5) is 4.39 Å².